The molecule has 2 aromatic rings. The van der Waals surface area contributed by atoms with E-state index < -0.39 is 6.09 Å². The molecule has 228 valence electrons. The molecule has 2 saturated heterocycles. The number of likely N-dealkylation sites (tertiary alicyclic amines) is 2. The summed E-state index contributed by atoms with van der Waals surface area (Å²) < 4.78 is 5.73. The fourth-order valence-corrected chi connectivity index (χ4v) is 5.84. The SMILES string of the molecule is CNC(=O)C1CCN(CCCCCNC(=O)CCN2CCC(OC(=O)Nc3ccccc3-c3ccccc3)CC2)CC1. The van der Waals surface area contributed by atoms with Crippen LogP contribution in [0.1, 0.15) is 51.4 Å². The van der Waals surface area contributed by atoms with E-state index in [-0.39, 0.29) is 23.8 Å². The maximum Gasteiger partial charge on any atom is 0.411 e. The lowest BCUT2D eigenvalue weighted by Crippen LogP contribution is -2.40. The Bertz CT molecular complexity index is 1130. The van der Waals surface area contributed by atoms with E-state index >= 15 is 0 Å². The molecule has 2 aromatic carbocycles. The Morgan fingerprint density at radius 2 is 1.48 bits per heavy atom. The molecule has 2 aliphatic heterocycles. The first-order chi connectivity index (χ1) is 20.5. The number of hydrogen-bond donors (Lipinski definition) is 3. The van der Waals surface area contributed by atoms with E-state index in [0.29, 0.717) is 6.42 Å². The Kier molecular flexibility index (Phi) is 12.7. The molecule has 3 amide bonds. The molecule has 0 bridgehead atoms. The van der Waals surface area contributed by atoms with Crippen molar-refractivity contribution in [3.63, 3.8) is 0 Å². The molecule has 4 rings (SSSR count). The minimum absolute atomic E-state index is 0.0982. The topological polar surface area (TPSA) is 103 Å². The highest BCUT2D eigenvalue weighted by Crippen LogP contribution is 2.28. The van der Waals surface area contributed by atoms with Crippen LogP contribution >= 0.6 is 0 Å². The highest BCUT2D eigenvalue weighted by Gasteiger charge is 2.24. The van der Waals surface area contributed by atoms with E-state index in [1.54, 1.807) is 7.05 Å². The molecule has 3 N–H and O–H groups in total. The number of nitrogens with one attached hydrogen (secondary N) is 3. The van der Waals surface area contributed by atoms with Crippen molar-refractivity contribution in [1.82, 2.24) is 20.4 Å². The minimum atomic E-state index is -0.429. The zero-order valence-electron chi connectivity index (χ0n) is 25.0. The fourth-order valence-electron chi connectivity index (χ4n) is 5.84. The van der Waals surface area contributed by atoms with Gasteiger partial charge in [-0.3, -0.25) is 14.9 Å². The zero-order chi connectivity index (χ0) is 29.6. The van der Waals surface area contributed by atoms with Crippen molar-refractivity contribution in [3.8, 4) is 11.1 Å². The summed E-state index contributed by atoms with van der Waals surface area (Å²) in [6.45, 7) is 6.12. The van der Waals surface area contributed by atoms with Gasteiger partial charge in [-0.15, -0.1) is 0 Å². The second-order valence-electron chi connectivity index (χ2n) is 11.4. The smallest absolute Gasteiger partial charge is 0.411 e. The summed E-state index contributed by atoms with van der Waals surface area (Å²) in [5, 5.41) is 8.74. The van der Waals surface area contributed by atoms with Crippen LogP contribution in [0.25, 0.3) is 11.1 Å². The van der Waals surface area contributed by atoms with Gasteiger partial charge >= 0.3 is 6.09 Å². The van der Waals surface area contributed by atoms with Crippen molar-refractivity contribution >= 4 is 23.6 Å². The molecule has 0 aromatic heterocycles. The van der Waals surface area contributed by atoms with Gasteiger partial charge in [0, 0.05) is 51.1 Å². The molecule has 42 heavy (non-hydrogen) atoms. The Balaban J connectivity index is 1.03. The van der Waals surface area contributed by atoms with Crippen LogP contribution in [0.5, 0.6) is 0 Å². The first-order valence-corrected chi connectivity index (χ1v) is 15.6. The molecular weight excluding hydrogens is 530 g/mol. The molecule has 0 radical (unpaired) electrons. The van der Waals surface area contributed by atoms with E-state index in [1.165, 1.54) is 0 Å². The molecule has 0 atom stereocenters. The summed E-state index contributed by atoms with van der Waals surface area (Å²) in [7, 11) is 1.71. The summed E-state index contributed by atoms with van der Waals surface area (Å²) in [6.07, 6.45) is 6.55. The number of hydrogen-bond acceptors (Lipinski definition) is 6. The third-order valence-electron chi connectivity index (χ3n) is 8.39. The third kappa shape index (κ3) is 10.1. The molecular formula is C33H47N5O4. The summed E-state index contributed by atoms with van der Waals surface area (Å²) in [6, 6.07) is 17.7. The summed E-state index contributed by atoms with van der Waals surface area (Å²) >= 11 is 0. The predicted octanol–water partition coefficient (Wildman–Crippen LogP) is 4.50. The van der Waals surface area contributed by atoms with Crippen LogP contribution in [0, 0.1) is 5.92 Å². The van der Waals surface area contributed by atoms with Gasteiger partial charge in [-0.2, -0.15) is 0 Å². The van der Waals surface area contributed by atoms with Gasteiger partial charge in [0.25, 0.3) is 0 Å². The number of rotatable bonds is 13. The van der Waals surface area contributed by atoms with Crippen LogP contribution < -0.4 is 16.0 Å². The van der Waals surface area contributed by atoms with Gasteiger partial charge in [-0.05, 0) is 69.8 Å². The Morgan fingerprint density at radius 3 is 2.21 bits per heavy atom. The van der Waals surface area contributed by atoms with Gasteiger partial charge in [0.2, 0.25) is 11.8 Å². The standard InChI is InChI=1S/C33H47N5O4/c1-34-32(40)27-14-21-37(22-15-27)20-9-3-8-19-35-31(39)18-25-38-23-16-28(17-24-38)42-33(41)36-30-13-7-6-12-29(30)26-10-4-2-5-11-26/h2,4-7,10-13,27-28H,3,8-9,14-25H2,1H3,(H,34,40)(H,35,39)(H,36,41). The third-order valence-corrected chi connectivity index (χ3v) is 8.39. The lowest BCUT2D eigenvalue weighted by Gasteiger charge is -2.31. The van der Waals surface area contributed by atoms with Crippen LogP contribution in [-0.2, 0) is 14.3 Å². The van der Waals surface area contributed by atoms with E-state index in [0.717, 1.165) is 108 Å². The van der Waals surface area contributed by atoms with Crippen molar-refractivity contribution in [2.45, 2.75) is 57.5 Å². The number of carbonyl (C=O) groups is 3. The van der Waals surface area contributed by atoms with Gasteiger partial charge in [0.15, 0.2) is 0 Å². The maximum atomic E-state index is 12.6. The van der Waals surface area contributed by atoms with Crippen LogP contribution in [0.4, 0.5) is 10.5 Å². The van der Waals surface area contributed by atoms with Crippen molar-refractivity contribution in [2.24, 2.45) is 5.92 Å². The lowest BCUT2D eigenvalue weighted by atomic mass is 9.96. The second-order valence-corrected chi connectivity index (χ2v) is 11.4. The van der Waals surface area contributed by atoms with Crippen LogP contribution in [0.3, 0.4) is 0 Å². The van der Waals surface area contributed by atoms with Crippen LogP contribution in [0.15, 0.2) is 54.6 Å². The Hall–Kier alpha value is -3.43. The van der Waals surface area contributed by atoms with Crippen LogP contribution in [0.2, 0.25) is 0 Å². The average Bonchev–Trinajstić information content (AvgIpc) is 3.03. The molecule has 9 nitrogen and oxygen atoms in total. The number of benzene rings is 2. The van der Waals surface area contributed by atoms with Crippen molar-refractivity contribution in [3.05, 3.63) is 54.6 Å². The zero-order valence-corrected chi connectivity index (χ0v) is 25.0. The average molecular weight is 578 g/mol. The Labute approximate surface area is 250 Å². The van der Waals surface area contributed by atoms with Gasteiger partial charge in [-0.1, -0.05) is 55.0 Å². The molecule has 0 aliphatic carbocycles. The molecule has 0 unspecified atom stereocenters. The number of amides is 3. The van der Waals surface area contributed by atoms with Gasteiger partial charge in [-0.25, -0.2) is 4.79 Å². The summed E-state index contributed by atoms with van der Waals surface area (Å²) in [5.41, 5.74) is 2.73. The predicted molar refractivity (Wildman–Crippen MR) is 166 cm³/mol. The van der Waals surface area contributed by atoms with E-state index in [4.69, 9.17) is 4.74 Å². The Morgan fingerprint density at radius 1 is 0.810 bits per heavy atom. The number of anilines is 1. The van der Waals surface area contributed by atoms with Crippen molar-refractivity contribution in [2.75, 3.05) is 58.2 Å². The molecule has 0 spiro atoms. The summed E-state index contributed by atoms with van der Waals surface area (Å²) in [4.78, 5) is 41.4. The number of para-hydroxylation sites is 1. The minimum Gasteiger partial charge on any atom is -0.446 e. The highest BCUT2D eigenvalue weighted by molar-refractivity contribution is 5.91. The lowest BCUT2D eigenvalue weighted by molar-refractivity contribution is -0.126. The fraction of sp³-hybridized carbons (Fsp3) is 0.545. The van der Waals surface area contributed by atoms with E-state index in [9.17, 15) is 14.4 Å². The van der Waals surface area contributed by atoms with Gasteiger partial charge < -0.3 is 25.2 Å². The van der Waals surface area contributed by atoms with Crippen molar-refractivity contribution in [1.29, 1.82) is 0 Å². The molecule has 2 fully saturated rings. The first kappa shape index (κ1) is 31.5. The number of carbonyl (C=O) groups excluding carboxylic acids is 3. The highest BCUT2D eigenvalue weighted by atomic mass is 16.6. The van der Waals surface area contributed by atoms with Crippen LogP contribution in [-0.4, -0.2) is 86.7 Å². The van der Waals surface area contributed by atoms with Crippen molar-refractivity contribution < 1.29 is 19.1 Å². The molecule has 2 aliphatic rings. The van der Waals surface area contributed by atoms with Gasteiger partial charge in [0.05, 0.1) is 5.69 Å². The van der Waals surface area contributed by atoms with E-state index in [1.807, 2.05) is 54.6 Å². The normalized spacial score (nSPS) is 17.0. The quantitative estimate of drug-likeness (QED) is 0.303. The summed E-state index contributed by atoms with van der Waals surface area (Å²) in [5.74, 6) is 0.438. The molecule has 9 heteroatoms. The number of nitrogens with zero attached hydrogens (tertiary/aromatic N) is 2. The number of ether oxygens (including phenoxy) is 1. The van der Waals surface area contributed by atoms with Gasteiger partial charge in [0.1, 0.15) is 6.10 Å². The molecule has 0 saturated carbocycles. The first-order valence-electron chi connectivity index (χ1n) is 15.6. The maximum absolute atomic E-state index is 12.6. The second kappa shape index (κ2) is 16.9. The number of unbranched alkanes of at least 4 members (excludes halogenated alkanes) is 2. The number of piperidine rings is 2. The molecule has 2 heterocycles. The van der Waals surface area contributed by atoms with E-state index in [2.05, 4.69) is 25.8 Å². The monoisotopic (exact) mass is 577 g/mol. The largest absolute Gasteiger partial charge is 0.446 e.